The fourth-order valence-corrected chi connectivity index (χ4v) is 5.94. The van der Waals surface area contributed by atoms with Crippen molar-refractivity contribution in [3.63, 3.8) is 0 Å². The van der Waals surface area contributed by atoms with Gasteiger partial charge in [0.15, 0.2) is 0 Å². The summed E-state index contributed by atoms with van der Waals surface area (Å²) in [5, 5.41) is 7.10. The maximum Gasteiger partial charge on any atom is 0.0483 e. The Morgan fingerprint density at radius 2 is 1.03 bits per heavy atom. The molecular weight excluding hydrogens is 464 g/mol. The minimum atomic E-state index is 0.964. The minimum absolute atomic E-state index is 0.964. The zero-order valence-electron chi connectivity index (χ0n) is 22.2. The molecule has 38 heavy (non-hydrogen) atoms. The van der Waals surface area contributed by atoms with Crippen LogP contribution in [0.15, 0.2) is 97.1 Å². The Bertz CT molecular complexity index is 1230. The van der Waals surface area contributed by atoms with Gasteiger partial charge in [-0.2, -0.15) is 0 Å². The minimum Gasteiger partial charge on any atom is -0.304 e. The fourth-order valence-electron chi connectivity index (χ4n) is 5.94. The van der Waals surface area contributed by atoms with Crippen molar-refractivity contribution in [1.82, 2.24) is 20.4 Å². The van der Waals surface area contributed by atoms with E-state index in [9.17, 15) is 0 Å². The highest BCUT2D eigenvalue weighted by Crippen LogP contribution is 2.41. The summed E-state index contributed by atoms with van der Waals surface area (Å²) in [7, 11) is 0. The summed E-state index contributed by atoms with van der Waals surface area (Å²) in [4.78, 5) is 5.08. The summed E-state index contributed by atoms with van der Waals surface area (Å²) in [6, 6.07) is 35.8. The highest BCUT2D eigenvalue weighted by Gasteiger charge is 2.18. The molecule has 0 bridgehead atoms. The summed E-state index contributed by atoms with van der Waals surface area (Å²) < 4.78 is 0. The topological polar surface area (TPSA) is 30.5 Å². The predicted molar refractivity (Wildman–Crippen MR) is 159 cm³/mol. The van der Waals surface area contributed by atoms with Crippen molar-refractivity contribution in [3.05, 3.63) is 108 Å². The van der Waals surface area contributed by atoms with Crippen LogP contribution in [0.5, 0.6) is 0 Å². The molecule has 2 aliphatic rings. The van der Waals surface area contributed by atoms with Gasteiger partial charge in [0.05, 0.1) is 0 Å². The summed E-state index contributed by atoms with van der Waals surface area (Å²) in [6.45, 7) is 8.41. The van der Waals surface area contributed by atoms with E-state index in [1.807, 2.05) is 0 Å². The second kappa shape index (κ2) is 12.1. The van der Waals surface area contributed by atoms with Crippen LogP contribution in [-0.4, -0.2) is 49.3 Å². The normalized spacial score (nSPS) is 16.9. The Morgan fingerprint density at radius 3 is 1.47 bits per heavy atom. The average molecular weight is 503 g/mol. The molecule has 4 aromatic rings. The van der Waals surface area contributed by atoms with E-state index in [0.717, 1.165) is 52.6 Å². The first-order valence-electron chi connectivity index (χ1n) is 14.1. The zero-order chi connectivity index (χ0) is 25.6. The second-order valence-corrected chi connectivity index (χ2v) is 10.6. The molecule has 4 aromatic carbocycles. The van der Waals surface area contributed by atoms with Crippen molar-refractivity contribution >= 4 is 0 Å². The molecule has 2 N–H and O–H groups in total. The molecule has 0 atom stereocenters. The molecule has 2 aliphatic heterocycles. The monoisotopic (exact) mass is 502 g/mol. The largest absolute Gasteiger partial charge is 0.304 e. The average Bonchev–Trinajstić information content (AvgIpc) is 2.98. The summed E-state index contributed by atoms with van der Waals surface area (Å²) in [5.74, 6) is 0. The maximum absolute atomic E-state index is 3.55. The second-order valence-electron chi connectivity index (χ2n) is 10.6. The lowest BCUT2D eigenvalue weighted by Crippen LogP contribution is -2.41. The molecule has 6 rings (SSSR count). The van der Waals surface area contributed by atoms with Crippen LogP contribution < -0.4 is 10.6 Å². The number of nitrogens with zero attached hydrogens (tertiary/aromatic N) is 2. The number of benzene rings is 4. The van der Waals surface area contributed by atoms with Gasteiger partial charge >= 0.3 is 0 Å². The number of nitrogens with one attached hydrogen (secondary N) is 2. The van der Waals surface area contributed by atoms with Crippen LogP contribution in [0.25, 0.3) is 33.4 Å². The molecule has 0 aliphatic carbocycles. The Labute approximate surface area is 227 Å². The summed E-state index contributed by atoms with van der Waals surface area (Å²) >= 11 is 0. The molecule has 0 radical (unpaired) electrons. The summed E-state index contributed by atoms with van der Waals surface area (Å²) in [6.07, 6.45) is 2.42. The Morgan fingerprint density at radius 1 is 0.526 bits per heavy atom. The Hall–Kier alpha value is -3.28. The van der Waals surface area contributed by atoms with E-state index in [0.29, 0.717) is 0 Å². The molecule has 4 heteroatoms. The molecule has 194 valence electrons. The predicted octanol–water partition coefficient (Wildman–Crippen LogP) is 6.19. The number of rotatable bonds is 7. The molecular formula is C34H38N4. The van der Waals surface area contributed by atoms with E-state index >= 15 is 0 Å². The van der Waals surface area contributed by atoms with Gasteiger partial charge < -0.3 is 10.6 Å². The van der Waals surface area contributed by atoms with Crippen LogP contribution >= 0.6 is 0 Å². The van der Waals surface area contributed by atoms with E-state index < -0.39 is 0 Å². The van der Waals surface area contributed by atoms with Crippen LogP contribution in [0.2, 0.25) is 0 Å². The van der Waals surface area contributed by atoms with Gasteiger partial charge in [-0.3, -0.25) is 9.80 Å². The molecule has 2 heterocycles. The van der Waals surface area contributed by atoms with Gasteiger partial charge in [-0.15, -0.1) is 0 Å². The Kier molecular flexibility index (Phi) is 7.94. The summed E-state index contributed by atoms with van der Waals surface area (Å²) in [5.41, 5.74) is 10.5. The first-order valence-corrected chi connectivity index (χ1v) is 14.1. The molecule has 0 unspecified atom stereocenters. The van der Waals surface area contributed by atoms with E-state index in [-0.39, 0.29) is 0 Å². The van der Waals surface area contributed by atoms with Gasteiger partial charge in [-0.1, -0.05) is 84.9 Å². The molecule has 4 nitrogen and oxygen atoms in total. The lowest BCUT2D eigenvalue weighted by atomic mass is 9.86. The molecule has 0 amide bonds. The standard InChI is InChI=1S/C34H38N4/c1-3-10-29(11-4-1)32-14-7-15-33(30-12-5-2-6-13-30)34(32)31-21-27(23-37-18-8-16-35-25-37)20-28(22-31)24-38-19-9-17-36-26-38/h1-7,10-15,20-22,35-36H,8-9,16-19,23-26H2. The van der Waals surface area contributed by atoms with Crippen molar-refractivity contribution in [3.8, 4) is 33.4 Å². The lowest BCUT2D eigenvalue weighted by Gasteiger charge is -2.29. The van der Waals surface area contributed by atoms with Gasteiger partial charge in [0.25, 0.3) is 0 Å². The van der Waals surface area contributed by atoms with Crippen molar-refractivity contribution in [2.45, 2.75) is 25.9 Å². The van der Waals surface area contributed by atoms with Crippen LogP contribution in [0.1, 0.15) is 24.0 Å². The van der Waals surface area contributed by atoms with E-state index in [1.165, 1.54) is 57.3 Å². The first kappa shape index (κ1) is 25.0. The highest BCUT2D eigenvalue weighted by molar-refractivity contribution is 5.94. The number of hydrogen-bond acceptors (Lipinski definition) is 4. The van der Waals surface area contributed by atoms with Crippen LogP contribution in [-0.2, 0) is 13.1 Å². The van der Waals surface area contributed by atoms with Crippen molar-refractivity contribution in [1.29, 1.82) is 0 Å². The van der Waals surface area contributed by atoms with Gasteiger partial charge in [0.2, 0.25) is 0 Å². The van der Waals surface area contributed by atoms with Crippen molar-refractivity contribution < 1.29 is 0 Å². The zero-order valence-corrected chi connectivity index (χ0v) is 22.2. The Balaban J connectivity index is 1.49. The fraction of sp³-hybridized carbons (Fsp3) is 0.294. The van der Waals surface area contributed by atoms with E-state index in [1.54, 1.807) is 0 Å². The van der Waals surface area contributed by atoms with Crippen LogP contribution in [0.4, 0.5) is 0 Å². The van der Waals surface area contributed by atoms with Crippen LogP contribution in [0, 0.1) is 0 Å². The van der Waals surface area contributed by atoms with Crippen LogP contribution in [0.3, 0.4) is 0 Å². The lowest BCUT2D eigenvalue weighted by molar-refractivity contribution is 0.204. The SMILES string of the molecule is c1ccc(-c2cccc(-c3ccccc3)c2-c2cc(CN3CCCNC3)cc(CN3CCCNC3)c2)cc1. The number of hydrogen-bond donors (Lipinski definition) is 2. The molecule has 0 aromatic heterocycles. The van der Waals surface area contributed by atoms with E-state index in [2.05, 4.69) is 117 Å². The van der Waals surface area contributed by atoms with Gasteiger partial charge in [0, 0.05) is 39.5 Å². The third-order valence-corrected chi connectivity index (χ3v) is 7.71. The third kappa shape index (κ3) is 5.90. The molecule has 0 saturated carbocycles. The van der Waals surface area contributed by atoms with Gasteiger partial charge in [-0.25, -0.2) is 0 Å². The molecule has 2 fully saturated rings. The van der Waals surface area contributed by atoms with Gasteiger partial charge in [0.1, 0.15) is 0 Å². The first-order chi connectivity index (χ1) is 18.8. The highest BCUT2D eigenvalue weighted by atomic mass is 15.2. The van der Waals surface area contributed by atoms with Crippen molar-refractivity contribution in [2.24, 2.45) is 0 Å². The quantitative estimate of drug-likeness (QED) is 0.315. The third-order valence-electron chi connectivity index (χ3n) is 7.71. The van der Waals surface area contributed by atoms with Crippen molar-refractivity contribution in [2.75, 3.05) is 39.5 Å². The van der Waals surface area contributed by atoms with Gasteiger partial charge in [-0.05, 0) is 82.6 Å². The van der Waals surface area contributed by atoms with E-state index in [4.69, 9.17) is 0 Å². The molecule has 2 saturated heterocycles. The maximum atomic E-state index is 3.55. The molecule has 0 spiro atoms. The smallest absolute Gasteiger partial charge is 0.0483 e.